The van der Waals surface area contributed by atoms with Crippen molar-refractivity contribution in [2.75, 3.05) is 66.7 Å². The molecule has 0 unspecified atom stereocenters. The highest BCUT2D eigenvalue weighted by atomic mass is 15.2. The van der Waals surface area contributed by atoms with Gasteiger partial charge in [0.05, 0.1) is 6.20 Å². The van der Waals surface area contributed by atoms with Crippen molar-refractivity contribution in [3.63, 3.8) is 0 Å². The molecule has 9 nitrogen and oxygen atoms in total. The summed E-state index contributed by atoms with van der Waals surface area (Å²) in [6.07, 6.45) is 3.72. The maximum atomic E-state index is 9.59. The van der Waals surface area contributed by atoms with Crippen molar-refractivity contribution < 1.29 is 0 Å². The molecule has 3 aromatic rings. The molecule has 2 aliphatic heterocycles. The second-order valence-electron chi connectivity index (χ2n) is 9.02. The van der Waals surface area contributed by atoms with E-state index < -0.39 is 0 Å². The smallest absolute Gasteiger partial charge is 0.229 e. The van der Waals surface area contributed by atoms with Gasteiger partial charge in [-0.1, -0.05) is 6.07 Å². The van der Waals surface area contributed by atoms with Crippen LogP contribution in [-0.2, 0) is 6.42 Å². The second-order valence-corrected chi connectivity index (χ2v) is 9.02. The van der Waals surface area contributed by atoms with E-state index in [1.807, 2.05) is 18.2 Å². The molecule has 1 fully saturated rings. The quantitative estimate of drug-likeness (QED) is 0.559. The van der Waals surface area contributed by atoms with Gasteiger partial charge < -0.3 is 25.3 Å². The van der Waals surface area contributed by atoms with Crippen molar-refractivity contribution in [2.24, 2.45) is 0 Å². The highest BCUT2D eigenvalue weighted by molar-refractivity contribution is 5.66. The first-order chi connectivity index (χ1) is 17.1. The minimum Gasteiger partial charge on any atom is -0.369 e. The van der Waals surface area contributed by atoms with Gasteiger partial charge in [0, 0.05) is 50.6 Å². The molecule has 2 N–H and O–H groups in total. The summed E-state index contributed by atoms with van der Waals surface area (Å²) in [7, 11) is 2.16. The molecule has 0 atom stereocenters. The molecular weight excluding hydrogens is 438 g/mol. The first kappa shape index (κ1) is 22.9. The number of nitriles is 1. The standard InChI is InChI=1S/C26H31N9/c1-3-34-12-4-5-19-6-11-23(31-25(19)34)30-24-20(17-27)18-28-26(32-24)29-21-7-9-22(10-8-21)35-15-13-33(2)14-16-35/h6-11,18H,3-5,12-16H2,1-2H3,(H2,28,29,30,31,32). The van der Waals surface area contributed by atoms with E-state index >= 15 is 0 Å². The summed E-state index contributed by atoms with van der Waals surface area (Å²) in [4.78, 5) is 20.8. The summed E-state index contributed by atoms with van der Waals surface area (Å²) in [5, 5.41) is 16.1. The molecule has 0 spiro atoms. The highest BCUT2D eigenvalue weighted by Crippen LogP contribution is 2.28. The van der Waals surface area contributed by atoms with Crippen LogP contribution in [-0.4, -0.2) is 66.2 Å². The van der Waals surface area contributed by atoms with Crippen LogP contribution < -0.4 is 20.4 Å². The van der Waals surface area contributed by atoms with Gasteiger partial charge >= 0.3 is 0 Å². The van der Waals surface area contributed by atoms with Gasteiger partial charge in [-0.2, -0.15) is 10.2 Å². The Hall–Kier alpha value is -3.90. The fourth-order valence-corrected chi connectivity index (χ4v) is 4.58. The lowest BCUT2D eigenvalue weighted by atomic mass is 10.1. The Labute approximate surface area is 206 Å². The molecule has 2 aliphatic rings. The number of piperazine rings is 1. The zero-order valence-corrected chi connectivity index (χ0v) is 20.3. The Morgan fingerprint density at radius 2 is 1.77 bits per heavy atom. The van der Waals surface area contributed by atoms with E-state index in [0.717, 1.165) is 63.6 Å². The van der Waals surface area contributed by atoms with E-state index in [4.69, 9.17) is 4.98 Å². The van der Waals surface area contributed by atoms with Crippen LogP contribution in [0.5, 0.6) is 0 Å². The zero-order chi connectivity index (χ0) is 24.2. The maximum absolute atomic E-state index is 9.59. The molecule has 0 bridgehead atoms. The van der Waals surface area contributed by atoms with Crippen LogP contribution in [0, 0.1) is 11.3 Å². The predicted octanol–water partition coefficient (Wildman–Crippen LogP) is 3.75. The number of nitrogens with one attached hydrogen (secondary N) is 2. The highest BCUT2D eigenvalue weighted by Gasteiger charge is 2.18. The molecule has 0 radical (unpaired) electrons. The summed E-state index contributed by atoms with van der Waals surface area (Å²) in [6, 6.07) is 14.5. The van der Waals surface area contributed by atoms with Gasteiger partial charge in [-0.05, 0) is 62.7 Å². The van der Waals surface area contributed by atoms with Crippen LogP contribution in [0.4, 0.5) is 34.8 Å². The summed E-state index contributed by atoms with van der Waals surface area (Å²) < 4.78 is 0. The number of fused-ring (bicyclic) bond motifs is 1. The van der Waals surface area contributed by atoms with E-state index in [1.54, 1.807) is 0 Å². The molecule has 1 aromatic carbocycles. The van der Waals surface area contributed by atoms with Crippen LogP contribution >= 0.6 is 0 Å². The van der Waals surface area contributed by atoms with Crippen LogP contribution in [0.1, 0.15) is 24.5 Å². The van der Waals surface area contributed by atoms with Gasteiger partial charge in [0.2, 0.25) is 5.95 Å². The molecule has 35 heavy (non-hydrogen) atoms. The van der Waals surface area contributed by atoms with E-state index in [2.05, 4.69) is 73.5 Å². The molecule has 4 heterocycles. The number of aromatic nitrogens is 3. The van der Waals surface area contributed by atoms with E-state index in [0.29, 0.717) is 23.1 Å². The predicted molar refractivity (Wildman–Crippen MR) is 140 cm³/mol. The third kappa shape index (κ3) is 5.12. The lowest BCUT2D eigenvalue weighted by Crippen LogP contribution is -2.44. The maximum Gasteiger partial charge on any atom is 0.229 e. The van der Waals surface area contributed by atoms with Crippen LogP contribution in [0.25, 0.3) is 0 Å². The van der Waals surface area contributed by atoms with Crippen molar-refractivity contribution in [3.8, 4) is 6.07 Å². The number of hydrogen-bond acceptors (Lipinski definition) is 9. The van der Waals surface area contributed by atoms with Gasteiger partial charge in [0.15, 0.2) is 5.82 Å². The Bertz CT molecular complexity index is 1210. The Balaban J connectivity index is 1.32. The first-order valence-electron chi connectivity index (χ1n) is 12.2. The number of pyridine rings is 1. The van der Waals surface area contributed by atoms with Gasteiger partial charge in [-0.3, -0.25) is 0 Å². The molecule has 180 valence electrons. The third-order valence-corrected chi connectivity index (χ3v) is 6.66. The van der Waals surface area contributed by atoms with E-state index in [1.165, 1.54) is 17.4 Å². The monoisotopic (exact) mass is 469 g/mol. The lowest BCUT2D eigenvalue weighted by molar-refractivity contribution is 0.313. The minimum absolute atomic E-state index is 0.368. The van der Waals surface area contributed by atoms with Crippen molar-refractivity contribution in [2.45, 2.75) is 19.8 Å². The number of hydrogen-bond donors (Lipinski definition) is 2. The number of likely N-dealkylation sites (N-methyl/N-ethyl adjacent to an activating group) is 1. The third-order valence-electron chi connectivity index (χ3n) is 6.66. The molecule has 1 saturated heterocycles. The first-order valence-corrected chi connectivity index (χ1v) is 12.2. The molecule has 0 amide bonds. The van der Waals surface area contributed by atoms with Crippen molar-refractivity contribution in [3.05, 3.63) is 53.7 Å². The van der Waals surface area contributed by atoms with Crippen molar-refractivity contribution in [1.82, 2.24) is 19.9 Å². The molecule has 0 aliphatic carbocycles. The van der Waals surface area contributed by atoms with Crippen molar-refractivity contribution >= 4 is 34.8 Å². The van der Waals surface area contributed by atoms with Crippen LogP contribution in [0.15, 0.2) is 42.6 Å². The minimum atomic E-state index is 0.368. The Morgan fingerprint density at radius 1 is 0.971 bits per heavy atom. The van der Waals surface area contributed by atoms with Gasteiger partial charge in [0.1, 0.15) is 23.3 Å². The van der Waals surface area contributed by atoms with Gasteiger partial charge in [0.25, 0.3) is 0 Å². The zero-order valence-electron chi connectivity index (χ0n) is 20.3. The number of benzene rings is 1. The fourth-order valence-electron chi connectivity index (χ4n) is 4.58. The van der Waals surface area contributed by atoms with Gasteiger partial charge in [-0.25, -0.2) is 9.97 Å². The fraction of sp³-hybridized carbons (Fsp3) is 0.385. The largest absolute Gasteiger partial charge is 0.369 e. The topological polar surface area (TPSA) is 96.2 Å². The second kappa shape index (κ2) is 10.2. The molecule has 2 aromatic heterocycles. The SMILES string of the molecule is CCN1CCCc2ccc(Nc3nc(Nc4ccc(N5CCN(C)CC5)cc4)ncc3C#N)nc21. The lowest BCUT2D eigenvalue weighted by Gasteiger charge is -2.34. The summed E-state index contributed by atoms with van der Waals surface area (Å²) in [6.45, 7) is 8.29. The average molecular weight is 470 g/mol. The van der Waals surface area contributed by atoms with E-state index in [9.17, 15) is 5.26 Å². The molecule has 0 saturated carbocycles. The van der Waals surface area contributed by atoms with Gasteiger partial charge in [-0.15, -0.1) is 0 Å². The number of nitrogens with zero attached hydrogens (tertiary/aromatic N) is 7. The van der Waals surface area contributed by atoms with Crippen LogP contribution in [0.2, 0.25) is 0 Å². The number of anilines is 6. The van der Waals surface area contributed by atoms with E-state index in [-0.39, 0.29) is 0 Å². The molecule has 5 rings (SSSR count). The molecular formula is C26H31N9. The van der Waals surface area contributed by atoms with Crippen molar-refractivity contribution in [1.29, 1.82) is 5.26 Å². The van der Waals surface area contributed by atoms with Crippen LogP contribution in [0.3, 0.4) is 0 Å². The summed E-state index contributed by atoms with van der Waals surface area (Å²) in [5.41, 5.74) is 3.73. The number of rotatable bonds is 6. The number of aryl methyl sites for hydroxylation is 1. The Morgan fingerprint density at radius 3 is 2.51 bits per heavy atom. The Kier molecular flexibility index (Phi) is 6.64. The average Bonchev–Trinajstić information content (AvgIpc) is 2.89. The normalized spacial score (nSPS) is 15.9. The summed E-state index contributed by atoms with van der Waals surface area (Å²) >= 11 is 0. The summed E-state index contributed by atoms with van der Waals surface area (Å²) in [5.74, 6) is 2.54. The molecule has 9 heteroatoms.